The Morgan fingerprint density at radius 1 is 1.32 bits per heavy atom. The topological polar surface area (TPSA) is 96.2 Å². The molecule has 31 heavy (non-hydrogen) atoms. The zero-order valence-electron chi connectivity index (χ0n) is 18.2. The zero-order chi connectivity index (χ0) is 22.3. The maximum atomic E-state index is 11.2. The minimum Gasteiger partial charge on any atom is -0.481 e. The SMILES string of the molecule is COCCc1cccc(CC2(O)C=C[C@H]3[C@@H](O)CC(O2)[C@@H]3CC=CCCCC(=O)O)c1. The lowest BCUT2D eigenvalue weighted by Crippen LogP contribution is -2.37. The summed E-state index contributed by atoms with van der Waals surface area (Å²) in [6, 6.07) is 8.09. The van der Waals surface area contributed by atoms with Crippen molar-refractivity contribution in [2.75, 3.05) is 13.7 Å². The van der Waals surface area contributed by atoms with E-state index >= 15 is 0 Å². The van der Waals surface area contributed by atoms with E-state index in [1.807, 2.05) is 36.4 Å². The first-order chi connectivity index (χ1) is 14.9. The van der Waals surface area contributed by atoms with Crippen LogP contribution in [0, 0.1) is 11.8 Å². The van der Waals surface area contributed by atoms with Gasteiger partial charge in [-0.25, -0.2) is 0 Å². The molecule has 0 amide bonds. The molecule has 0 radical (unpaired) electrons. The summed E-state index contributed by atoms with van der Waals surface area (Å²) < 4.78 is 11.3. The third-order valence-electron chi connectivity index (χ3n) is 6.20. The van der Waals surface area contributed by atoms with Crippen LogP contribution < -0.4 is 0 Å². The van der Waals surface area contributed by atoms with Crippen molar-refractivity contribution in [3.05, 3.63) is 59.7 Å². The predicted molar refractivity (Wildman–Crippen MR) is 118 cm³/mol. The Kier molecular flexibility index (Phi) is 8.43. The standard InChI is InChI=1S/C25H34O6/c1-30-14-12-18-7-6-8-19(15-18)17-25(29)13-11-20-21(23(31-25)16-22(20)26)9-4-2-3-5-10-24(27)28/h2,4,6-8,11,13,15,20-23,26,29H,3,5,9-10,12,14,16-17H2,1H3,(H,27,28)/t20-,21-,22+,23?,25?/m1/s1. The quantitative estimate of drug-likeness (QED) is 0.368. The number of hydrogen-bond acceptors (Lipinski definition) is 5. The molecule has 5 atom stereocenters. The van der Waals surface area contributed by atoms with Gasteiger partial charge in [0.15, 0.2) is 5.79 Å². The molecule has 6 nitrogen and oxygen atoms in total. The van der Waals surface area contributed by atoms with E-state index in [0.29, 0.717) is 25.9 Å². The molecule has 1 heterocycles. The number of hydrogen-bond donors (Lipinski definition) is 3. The van der Waals surface area contributed by atoms with Crippen LogP contribution in [0.4, 0.5) is 0 Å². The highest BCUT2D eigenvalue weighted by Gasteiger charge is 2.47. The van der Waals surface area contributed by atoms with Crippen LogP contribution in [0.25, 0.3) is 0 Å². The Labute approximate surface area is 184 Å². The largest absolute Gasteiger partial charge is 0.481 e. The molecule has 1 fully saturated rings. The second-order valence-corrected chi connectivity index (χ2v) is 8.64. The molecule has 170 valence electrons. The van der Waals surface area contributed by atoms with Gasteiger partial charge in [-0.15, -0.1) is 0 Å². The van der Waals surface area contributed by atoms with Gasteiger partial charge < -0.3 is 24.8 Å². The summed E-state index contributed by atoms with van der Waals surface area (Å²) in [6.07, 6.45) is 10.8. The molecule has 0 spiro atoms. The van der Waals surface area contributed by atoms with Crippen molar-refractivity contribution in [2.45, 2.75) is 62.9 Å². The number of allylic oxidation sites excluding steroid dienone is 2. The second kappa shape index (κ2) is 11.0. The van der Waals surface area contributed by atoms with E-state index in [-0.39, 0.29) is 24.4 Å². The van der Waals surface area contributed by atoms with E-state index in [1.54, 1.807) is 13.2 Å². The van der Waals surface area contributed by atoms with Gasteiger partial charge >= 0.3 is 5.97 Å². The van der Waals surface area contributed by atoms with Gasteiger partial charge in [0, 0.05) is 32.3 Å². The molecule has 1 saturated carbocycles. The van der Waals surface area contributed by atoms with Crippen molar-refractivity contribution in [2.24, 2.45) is 11.8 Å². The lowest BCUT2D eigenvalue weighted by atomic mass is 9.90. The molecule has 1 aliphatic carbocycles. The number of benzene rings is 1. The summed E-state index contributed by atoms with van der Waals surface area (Å²) in [5.74, 6) is -2.15. The van der Waals surface area contributed by atoms with Crippen LogP contribution in [0.5, 0.6) is 0 Å². The fraction of sp³-hybridized carbons (Fsp3) is 0.560. The molecule has 0 aromatic heterocycles. The average molecular weight is 431 g/mol. The molecule has 2 unspecified atom stereocenters. The van der Waals surface area contributed by atoms with Crippen LogP contribution in [-0.4, -0.2) is 53.0 Å². The summed E-state index contributed by atoms with van der Waals surface area (Å²) in [7, 11) is 1.68. The van der Waals surface area contributed by atoms with Gasteiger partial charge in [0.2, 0.25) is 0 Å². The minimum absolute atomic E-state index is 0.0595. The van der Waals surface area contributed by atoms with Crippen molar-refractivity contribution in [3.8, 4) is 0 Å². The van der Waals surface area contributed by atoms with Gasteiger partial charge in [-0.05, 0) is 48.8 Å². The first-order valence-corrected chi connectivity index (χ1v) is 11.1. The van der Waals surface area contributed by atoms with Crippen LogP contribution in [0.2, 0.25) is 0 Å². The van der Waals surface area contributed by atoms with E-state index in [2.05, 4.69) is 6.07 Å². The van der Waals surface area contributed by atoms with Crippen LogP contribution in [0.1, 0.15) is 43.2 Å². The van der Waals surface area contributed by atoms with E-state index in [0.717, 1.165) is 30.4 Å². The van der Waals surface area contributed by atoms with Gasteiger partial charge in [-0.2, -0.15) is 0 Å². The van der Waals surface area contributed by atoms with Gasteiger partial charge in [0.05, 0.1) is 18.8 Å². The molecule has 3 N–H and O–H groups in total. The number of methoxy groups -OCH3 is 1. The smallest absolute Gasteiger partial charge is 0.303 e. The van der Waals surface area contributed by atoms with Crippen LogP contribution in [0.3, 0.4) is 0 Å². The molecule has 1 aromatic carbocycles. The fourth-order valence-electron chi connectivity index (χ4n) is 4.63. The van der Waals surface area contributed by atoms with Crippen molar-refractivity contribution < 1.29 is 29.6 Å². The minimum atomic E-state index is -1.40. The molecule has 1 aromatic rings. The highest BCUT2D eigenvalue weighted by atomic mass is 16.6. The van der Waals surface area contributed by atoms with Crippen LogP contribution in [0.15, 0.2) is 48.6 Å². The predicted octanol–water partition coefficient (Wildman–Crippen LogP) is 3.26. The Hall–Kier alpha value is -1.99. The second-order valence-electron chi connectivity index (χ2n) is 8.64. The molecular weight excluding hydrogens is 396 g/mol. The number of rotatable bonds is 11. The monoisotopic (exact) mass is 430 g/mol. The molecule has 2 bridgehead atoms. The summed E-state index contributed by atoms with van der Waals surface area (Å²) in [5.41, 5.74) is 2.15. The van der Waals surface area contributed by atoms with Crippen molar-refractivity contribution in [1.29, 1.82) is 0 Å². The summed E-state index contributed by atoms with van der Waals surface area (Å²) in [5, 5.41) is 30.4. The first kappa shape index (κ1) is 23.7. The van der Waals surface area contributed by atoms with Gasteiger partial charge in [-0.3, -0.25) is 4.79 Å². The summed E-state index contributed by atoms with van der Waals surface area (Å²) in [6.45, 7) is 0.650. The molecule has 6 heteroatoms. The zero-order valence-corrected chi connectivity index (χ0v) is 18.2. The molecule has 2 aliphatic rings. The van der Waals surface area contributed by atoms with E-state index < -0.39 is 17.9 Å². The summed E-state index contributed by atoms with van der Waals surface area (Å²) in [4.78, 5) is 10.6. The number of carbonyl (C=O) groups is 1. The normalized spacial score (nSPS) is 30.0. The highest BCUT2D eigenvalue weighted by molar-refractivity contribution is 5.66. The third kappa shape index (κ3) is 6.74. The van der Waals surface area contributed by atoms with Crippen LogP contribution in [-0.2, 0) is 27.1 Å². The fourth-order valence-corrected chi connectivity index (χ4v) is 4.63. The van der Waals surface area contributed by atoms with E-state index in [1.165, 1.54) is 0 Å². The number of aliphatic hydroxyl groups is 2. The Bertz CT molecular complexity index is 788. The number of aliphatic carboxylic acids is 1. The number of carboxylic acid groups (broad SMARTS) is 1. The van der Waals surface area contributed by atoms with Gasteiger partial charge in [0.1, 0.15) is 0 Å². The molecular formula is C25H34O6. The van der Waals surface area contributed by atoms with Crippen LogP contribution >= 0.6 is 0 Å². The Morgan fingerprint density at radius 3 is 2.90 bits per heavy atom. The number of fused-ring (bicyclic) bond motifs is 2. The Morgan fingerprint density at radius 2 is 2.13 bits per heavy atom. The summed E-state index contributed by atoms with van der Waals surface area (Å²) >= 11 is 0. The molecule has 0 saturated heterocycles. The molecule has 3 rings (SSSR count). The van der Waals surface area contributed by atoms with Gasteiger partial charge in [0.25, 0.3) is 0 Å². The van der Waals surface area contributed by atoms with Crippen molar-refractivity contribution in [1.82, 2.24) is 0 Å². The highest BCUT2D eigenvalue weighted by Crippen LogP contribution is 2.43. The van der Waals surface area contributed by atoms with Crippen molar-refractivity contribution >= 4 is 5.97 Å². The lowest BCUT2D eigenvalue weighted by Gasteiger charge is -2.30. The molecule has 1 aliphatic heterocycles. The maximum Gasteiger partial charge on any atom is 0.303 e. The number of aliphatic hydroxyl groups excluding tert-OH is 1. The first-order valence-electron chi connectivity index (χ1n) is 11.1. The van der Waals surface area contributed by atoms with E-state index in [4.69, 9.17) is 14.6 Å². The van der Waals surface area contributed by atoms with E-state index in [9.17, 15) is 15.0 Å². The number of unbranched alkanes of at least 4 members (excludes halogenated alkanes) is 1. The maximum absolute atomic E-state index is 11.2. The van der Waals surface area contributed by atoms with Gasteiger partial charge in [-0.1, -0.05) is 42.5 Å². The third-order valence-corrected chi connectivity index (χ3v) is 6.20. The lowest BCUT2D eigenvalue weighted by molar-refractivity contribution is -0.202. The number of ether oxygens (including phenoxy) is 2. The number of carboxylic acids is 1. The Balaban J connectivity index is 1.62. The average Bonchev–Trinajstić information content (AvgIpc) is 2.92. The van der Waals surface area contributed by atoms with Crippen molar-refractivity contribution in [3.63, 3.8) is 0 Å².